The van der Waals surface area contributed by atoms with E-state index in [2.05, 4.69) is 26.0 Å². The van der Waals surface area contributed by atoms with Gasteiger partial charge in [0.15, 0.2) is 0 Å². The minimum Gasteiger partial charge on any atom is -0.396 e. The lowest BCUT2D eigenvalue weighted by Gasteiger charge is -2.17. The molecule has 0 aliphatic heterocycles. The summed E-state index contributed by atoms with van der Waals surface area (Å²) in [6.07, 6.45) is 14.7. The van der Waals surface area contributed by atoms with Crippen molar-refractivity contribution in [3.05, 3.63) is 12.2 Å². The maximum atomic E-state index is 12.0. The summed E-state index contributed by atoms with van der Waals surface area (Å²) in [6, 6.07) is 0. The van der Waals surface area contributed by atoms with Crippen LogP contribution in [0, 0.1) is 11.8 Å². The van der Waals surface area contributed by atoms with Crippen molar-refractivity contribution < 1.29 is 18.3 Å². The normalized spacial score (nSPS) is 14.8. The molecule has 0 rings (SSSR count). The van der Waals surface area contributed by atoms with Crippen molar-refractivity contribution in [2.45, 2.75) is 78.1 Å². The van der Waals surface area contributed by atoms with Gasteiger partial charge in [0.1, 0.15) is 9.84 Å². The zero-order chi connectivity index (χ0) is 19.7. The van der Waals surface area contributed by atoms with Gasteiger partial charge in [-0.05, 0) is 31.6 Å². The van der Waals surface area contributed by atoms with E-state index in [1.54, 1.807) is 7.11 Å². The molecule has 1 N–H and O–H groups in total. The molecular formula is C21H42O4S. The van der Waals surface area contributed by atoms with Gasteiger partial charge in [-0.2, -0.15) is 0 Å². The van der Waals surface area contributed by atoms with Gasteiger partial charge in [-0.3, -0.25) is 0 Å². The van der Waals surface area contributed by atoms with Crippen molar-refractivity contribution in [1.82, 2.24) is 0 Å². The van der Waals surface area contributed by atoms with Gasteiger partial charge in [0, 0.05) is 19.6 Å². The van der Waals surface area contributed by atoms with Crippen LogP contribution in [0.3, 0.4) is 0 Å². The largest absolute Gasteiger partial charge is 0.396 e. The van der Waals surface area contributed by atoms with E-state index >= 15 is 0 Å². The molecule has 2 unspecified atom stereocenters. The van der Waals surface area contributed by atoms with Gasteiger partial charge in [-0.25, -0.2) is 8.42 Å². The molecule has 0 saturated carbocycles. The van der Waals surface area contributed by atoms with Crippen molar-refractivity contribution in [2.24, 2.45) is 11.8 Å². The number of allylic oxidation sites excluding steroid dienone is 2. The van der Waals surface area contributed by atoms with Crippen molar-refractivity contribution in [3.8, 4) is 0 Å². The maximum absolute atomic E-state index is 12.0. The Morgan fingerprint density at radius 1 is 0.962 bits per heavy atom. The number of aliphatic hydroxyl groups excluding tert-OH is 1. The Morgan fingerprint density at radius 3 is 2.08 bits per heavy atom. The fraction of sp³-hybridized carbons (Fsp3) is 0.905. The molecule has 26 heavy (non-hydrogen) atoms. The zero-order valence-corrected chi connectivity index (χ0v) is 18.1. The van der Waals surface area contributed by atoms with Crippen molar-refractivity contribution in [2.75, 3.05) is 31.8 Å². The third-order valence-electron chi connectivity index (χ3n) is 4.93. The summed E-state index contributed by atoms with van der Waals surface area (Å²) in [5, 5.41) is 9.32. The summed E-state index contributed by atoms with van der Waals surface area (Å²) in [6.45, 7) is 4.99. The first-order valence-corrected chi connectivity index (χ1v) is 12.3. The monoisotopic (exact) mass is 390 g/mol. The van der Waals surface area contributed by atoms with E-state index in [9.17, 15) is 13.5 Å². The summed E-state index contributed by atoms with van der Waals surface area (Å²) in [7, 11) is -1.19. The first-order chi connectivity index (χ1) is 12.5. The molecule has 0 aliphatic rings. The molecule has 5 heteroatoms. The van der Waals surface area contributed by atoms with Crippen molar-refractivity contribution in [3.63, 3.8) is 0 Å². The van der Waals surface area contributed by atoms with E-state index in [0.29, 0.717) is 24.0 Å². The molecule has 0 bridgehead atoms. The Balaban J connectivity index is 3.69. The highest BCUT2D eigenvalue weighted by Gasteiger charge is 2.13. The minimum absolute atomic E-state index is 0.145. The molecule has 0 radical (unpaired) electrons. The van der Waals surface area contributed by atoms with E-state index in [1.807, 2.05) is 0 Å². The molecule has 0 amide bonds. The average molecular weight is 391 g/mol. The third kappa shape index (κ3) is 14.7. The first kappa shape index (κ1) is 25.6. The quantitative estimate of drug-likeness (QED) is 0.270. The van der Waals surface area contributed by atoms with Crippen LogP contribution in [0.2, 0.25) is 0 Å². The van der Waals surface area contributed by atoms with Crippen LogP contribution in [0.15, 0.2) is 12.2 Å². The fourth-order valence-corrected chi connectivity index (χ4v) is 4.51. The van der Waals surface area contributed by atoms with Crippen LogP contribution in [-0.4, -0.2) is 45.4 Å². The fourth-order valence-electron chi connectivity index (χ4n) is 3.02. The lowest BCUT2D eigenvalue weighted by atomic mass is 9.95. The molecule has 0 aromatic carbocycles. The van der Waals surface area contributed by atoms with Crippen LogP contribution in [0.1, 0.15) is 78.1 Å². The highest BCUT2D eigenvalue weighted by Crippen LogP contribution is 2.14. The number of aliphatic hydroxyl groups is 1. The second-order valence-electron chi connectivity index (χ2n) is 7.45. The lowest BCUT2D eigenvalue weighted by Crippen LogP contribution is -2.19. The molecule has 0 aromatic rings. The molecule has 0 heterocycles. The van der Waals surface area contributed by atoms with Crippen LogP contribution in [0.25, 0.3) is 0 Å². The predicted octanol–water partition coefficient (Wildman–Crippen LogP) is 4.77. The van der Waals surface area contributed by atoms with Gasteiger partial charge in [0.05, 0.1) is 18.1 Å². The second-order valence-corrected chi connectivity index (χ2v) is 9.76. The summed E-state index contributed by atoms with van der Waals surface area (Å²) in [5.41, 5.74) is 0. The number of rotatable bonds is 18. The van der Waals surface area contributed by atoms with Crippen LogP contribution >= 0.6 is 0 Å². The Bertz CT molecular complexity index is 431. The molecule has 0 spiro atoms. The van der Waals surface area contributed by atoms with Gasteiger partial charge < -0.3 is 9.84 Å². The number of unbranched alkanes of at least 4 members (excludes halogenated alkanes) is 8. The number of sulfone groups is 1. The third-order valence-corrected chi connectivity index (χ3v) is 6.75. The van der Waals surface area contributed by atoms with Crippen LogP contribution < -0.4 is 0 Å². The Morgan fingerprint density at radius 2 is 1.54 bits per heavy atom. The number of hydrogen-bond acceptors (Lipinski definition) is 4. The highest BCUT2D eigenvalue weighted by molar-refractivity contribution is 7.91. The van der Waals surface area contributed by atoms with Gasteiger partial charge in [-0.15, -0.1) is 0 Å². The standard InChI is InChI=1S/C21H42O4S/c1-4-5-6-10-13-16-26(23,24)17-14-11-8-7-9-12-15-20(2)21(18-22)19-25-3/h12,15,20-22H,4-11,13-14,16-19H2,1-3H3/b15-12+. The second kappa shape index (κ2) is 16.8. The summed E-state index contributed by atoms with van der Waals surface area (Å²) < 4.78 is 29.1. The zero-order valence-electron chi connectivity index (χ0n) is 17.3. The summed E-state index contributed by atoms with van der Waals surface area (Å²) >= 11 is 0. The first-order valence-electron chi connectivity index (χ1n) is 10.4. The molecule has 0 saturated heterocycles. The summed E-state index contributed by atoms with van der Waals surface area (Å²) in [4.78, 5) is 0. The van der Waals surface area contributed by atoms with Gasteiger partial charge in [0.2, 0.25) is 0 Å². The van der Waals surface area contributed by atoms with E-state index in [0.717, 1.165) is 51.4 Å². The maximum Gasteiger partial charge on any atom is 0.150 e. The Kier molecular flexibility index (Phi) is 16.5. The van der Waals surface area contributed by atoms with E-state index in [-0.39, 0.29) is 12.5 Å². The minimum atomic E-state index is -2.84. The van der Waals surface area contributed by atoms with E-state index in [4.69, 9.17) is 4.74 Å². The predicted molar refractivity (Wildman–Crippen MR) is 111 cm³/mol. The van der Waals surface area contributed by atoms with Gasteiger partial charge in [-0.1, -0.05) is 64.5 Å². The van der Waals surface area contributed by atoms with E-state index < -0.39 is 9.84 Å². The summed E-state index contributed by atoms with van der Waals surface area (Å²) in [5.74, 6) is 1.18. The lowest BCUT2D eigenvalue weighted by molar-refractivity contribution is 0.0914. The SMILES string of the molecule is CCCCCCCS(=O)(=O)CCCCCC/C=C/C(C)C(CO)COC. The van der Waals surface area contributed by atoms with Gasteiger partial charge >= 0.3 is 0 Å². The van der Waals surface area contributed by atoms with Crippen LogP contribution in [0.5, 0.6) is 0 Å². The van der Waals surface area contributed by atoms with Crippen molar-refractivity contribution >= 4 is 9.84 Å². The molecule has 156 valence electrons. The molecule has 0 fully saturated rings. The van der Waals surface area contributed by atoms with Gasteiger partial charge in [0.25, 0.3) is 0 Å². The number of methoxy groups -OCH3 is 1. The van der Waals surface area contributed by atoms with Crippen LogP contribution in [0.4, 0.5) is 0 Å². The molecule has 4 nitrogen and oxygen atoms in total. The topological polar surface area (TPSA) is 63.6 Å². The highest BCUT2D eigenvalue weighted by atomic mass is 32.2. The van der Waals surface area contributed by atoms with Crippen LogP contribution in [-0.2, 0) is 14.6 Å². The van der Waals surface area contributed by atoms with E-state index in [1.165, 1.54) is 12.8 Å². The Labute approximate surface area is 162 Å². The molecule has 0 aromatic heterocycles. The Hall–Kier alpha value is -0.390. The average Bonchev–Trinajstić information content (AvgIpc) is 2.61. The molecule has 0 aliphatic carbocycles. The molecular weight excluding hydrogens is 348 g/mol. The number of hydrogen-bond donors (Lipinski definition) is 1. The molecule has 2 atom stereocenters. The van der Waals surface area contributed by atoms with Crippen molar-refractivity contribution in [1.29, 1.82) is 0 Å². The smallest absolute Gasteiger partial charge is 0.150 e. The number of ether oxygens (including phenoxy) is 1.